The highest BCUT2D eigenvalue weighted by atomic mass is 16.1. The molecule has 27 heavy (non-hydrogen) atoms. The number of hydrogen-bond donors (Lipinski definition) is 1. The van der Waals surface area contributed by atoms with Crippen LogP contribution in [0.25, 0.3) is 5.82 Å². The summed E-state index contributed by atoms with van der Waals surface area (Å²) in [5.74, 6) is 0.414. The third-order valence-corrected chi connectivity index (χ3v) is 5.34. The molecule has 0 saturated carbocycles. The van der Waals surface area contributed by atoms with Crippen molar-refractivity contribution in [3.8, 4) is 5.82 Å². The van der Waals surface area contributed by atoms with Crippen molar-refractivity contribution in [1.29, 1.82) is 0 Å². The molecule has 0 radical (unpaired) electrons. The van der Waals surface area contributed by atoms with Gasteiger partial charge in [0.05, 0.1) is 0 Å². The molecule has 7 heteroatoms. The normalized spacial score (nSPS) is 14.9. The average Bonchev–Trinajstić information content (AvgIpc) is 3.34. The van der Waals surface area contributed by atoms with Gasteiger partial charge in [0.15, 0.2) is 11.5 Å². The van der Waals surface area contributed by atoms with E-state index in [4.69, 9.17) is 0 Å². The number of hydrogen-bond acceptors (Lipinski definition) is 5. The zero-order chi connectivity index (χ0) is 18.9. The number of rotatable bonds is 5. The van der Waals surface area contributed by atoms with E-state index in [-0.39, 0.29) is 11.4 Å². The maximum atomic E-state index is 12.6. The van der Waals surface area contributed by atoms with Gasteiger partial charge in [0.2, 0.25) is 0 Å². The van der Waals surface area contributed by atoms with Gasteiger partial charge in [0.25, 0.3) is 5.91 Å². The van der Waals surface area contributed by atoms with Gasteiger partial charge in [-0.25, -0.2) is 4.98 Å². The lowest BCUT2D eigenvalue weighted by molar-refractivity contribution is 0.0897. The monoisotopic (exact) mass is 362 g/mol. The topological polar surface area (TPSA) is 75.9 Å². The number of fused-ring (bicyclic) bond motifs is 1. The van der Waals surface area contributed by atoms with Crippen LogP contribution in [0, 0.1) is 0 Å². The van der Waals surface area contributed by atoms with Crippen molar-refractivity contribution in [1.82, 2.24) is 30.0 Å². The highest BCUT2D eigenvalue weighted by molar-refractivity contribution is 5.92. The quantitative estimate of drug-likeness (QED) is 0.744. The fourth-order valence-corrected chi connectivity index (χ4v) is 3.59. The molecule has 1 aliphatic carbocycles. The van der Waals surface area contributed by atoms with Crippen LogP contribution in [0.15, 0.2) is 55.1 Å². The Bertz CT molecular complexity index is 908. The molecule has 0 bridgehead atoms. The Morgan fingerprint density at radius 2 is 1.89 bits per heavy atom. The molecular formula is C20H22N6O. The molecule has 0 spiro atoms. The smallest absolute Gasteiger partial charge is 0.271 e. The van der Waals surface area contributed by atoms with E-state index < -0.39 is 0 Å². The van der Waals surface area contributed by atoms with Crippen LogP contribution in [-0.2, 0) is 12.8 Å². The largest absolute Gasteiger partial charge is 0.349 e. The van der Waals surface area contributed by atoms with Crippen molar-refractivity contribution in [2.24, 2.45) is 0 Å². The molecule has 1 aromatic carbocycles. The molecule has 3 aromatic rings. The Morgan fingerprint density at radius 1 is 1.15 bits per heavy atom. The first-order valence-electron chi connectivity index (χ1n) is 8.92. The Hall–Kier alpha value is -3.06. The fourth-order valence-electron chi connectivity index (χ4n) is 3.59. The van der Waals surface area contributed by atoms with Crippen molar-refractivity contribution in [3.63, 3.8) is 0 Å². The summed E-state index contributed by atoms with van der Waals surface area (Å²) in [6, 6.07) is 11.9. The molecular weight excluding hydrogens is 340 g/mol. The van der Waals surface area contributed by atoms with E-state index in [1.807, 2.05) is 0 Å². The number of benzene rings is 1. The highest BCUT2D eigenvalue weighted by Gasteiger charge is 2.39. The number of likely N-dealkylation sites (N-methyl/N-ethyl adjacent to an activating group) is 1. The first kappa shape index (κ1) is 17.4. The van der Waals surface area contributed by atoms with E-state index in [1.54, 1.807) is 35.4 Å². The zero-order valence-corrected chi connectivity index (χ0v) is 15.5. The number of carbonyl (C=O) groups excluding carboxylic acids is 1. The molecule has 0 unspecified atom stereocenters. The number of nitrogens with one attached hydrogen (secondary N) is 1. The zero-order valence-electron chi connectivity index (χ0n) is 15.5. The van der Waals surface area contributed by atoms with Crippen LogP contribution in [0.2, 0.25) is 0 Å². The molecule has 0 atom stereocenters. The van der Waals surface area contributed by atoms with Crippen molar-refractivity contribution in [3.05, 3.63) is 71.9 Å². The van der Waals surface area contributed by atoms with Crippen molar-refractivity contribution in [2.45, 2.75) is 18.4 Å². The summed E-state index contributed by atoms with van der Waals surface area (Å²) >= 11 is 0. The minimum Gasteiger partial charge on any atom is -0.349 e. The molecule has 4 rings (SSSR count). The summed E-state index contributed by atoms with van der Waals surface area (Å²) < 4.78 is 1.74. The standard InChI is InChI=1S/C20H22N6O/c1-25(2)20(11-15-5-3-4-6-16(15)12-20)13-22-19(27)17-7-8-18(24-23-17)26-10-9-21-14-26/h3-10,14H,11-13H2,1-2H3,(H,22,27). The molecule has 0 saturated heterocycles. The number of nitrogens with zero attached hydrogens (tertiary/aromatic N) is 5. The lowest BCUT2D eigenvalue weighted by Crippen LogP contribution is -2.53. The van der Waals surface area contributed by atoms with Crippen LogP contribution in [0.3, 0.4) is 0 Å². The Morgan fingerprint density at radius 3 is 2.44 bits per heavy atom. The summed E-state index contributed by atoms with van der Waals surface area (Å²) in [5, 5.41) is 11.2. The Kier molecular flexibility index (Phi) is 4.45. The summed E-state index contributed by atoms with van der Waals surface area (Å²) in [6.45, 7) is 0.554. The number of amides is 1. The molecule has 0 fully saturated rings. The molecule has 2 heterocycles. The number of imidazole rings is 1. The van der Waals surface area contributed by atoms with E-state index >= 15 is 0 Å². The first-order chi connectivity index (χ1) is 13.1. The molecule has 0 aliphatic heterocycles. The maximum absolute atomic E-state index is 12.6. The van der Waals surface area contributed by atoms with Gasteiger partial charge in [-0.1, -0.05) is 24.3 Å². The second kappa shape index (κ2) is 6.92. The average molecular weight is 362 g/mol. The highest BCUT2D eigenvalue weighted by Crippen LogP contribution is 2.33. The molecule has 1 N–H and O–H groups in total. The molecule has 1 amide bonds. The van der Waals surface area contributed by atoms with E-state index in [0.29, 0.717) is 18.1 Å². The van der Waals surface area contributed by atoms with Crippen molar-refractivity contribution >= 4 is 5.91 Å². The van der Waals surface area contributed by atoms with Crippen molar-refractivity contribution < 1.29 is 4.79 Å². The lowest BCUT2D eigenvalue weighted by Gasteiger charge is -2.36. The third-order valence-electron chi connectivity index (χ3n) is 5.34. The first-order valence-corrected chi connectivity index (χ1v) is 8.92. The van der Waals surface area contributed by atoms with E-state index in [1.165, 1.54) is 11.1 Å². The molecule has 138 valence electrons. The third kappa shape index (κ3) is 3.33. The second-order valence-corrected chi connectivity index (χ2v) is 7.17. The van der Waals surface area contributed by atoms with E-state index in [2.05, 4.69) is 63.8 Å². The van der Waals surface area contributed by atoms with Crippen LogP contribution in [-0.4, -0.2) is 56.7 Å². The van der Waals surface area contributed by atoms with E-state index in [9.17, 15) is 4.79 Å². The van der Waals surface area contributed by atoms with Gasteiger partial charge in [-0.15, -0.1) is 10.2 Å². The van der Waals surface area contributed by atoms with Crippen LogP contribution in [0.1, 0.15) is 21.6 Å². The van der Waals surface area contributed by atoms with Gasteiger partial charge in [-0.2, -0.15) is 0 Å². The van der Waals surface area contributed by atoms with Gasteiger partial charge >= 0.3 is 0 Å². The van der Waals surface area contributed by atoms with Crippen molar-refractivity contribution in [2.75, 3.05) is 20.6 Å². The van der Waals surface area contributed by atoms with Gasteiger partial charge in [0.1, 0.15) is 6.33 Å². The summed E-state index contributed by atoms with van der Waals surface area (Å²) in [4.78, 5) is 18.8. The predicted octanol–water partition coefficient (Wildman–Crippen LogP) is 1.49. The minimum atomic E-state index is -0.211. The summed E-state index contributed by atoms with van der Waals surface area (Å²) in [5.41, 5.74) is 2.89. The van der Waals surface area contributed by atoms with Crippen LogP contribution >= 0.6 is 0 Å². The maximum Gasteiger partial charge on any atom is 0.271 e. The molecule has 2 aromatic heterocycles. The lowest BCUT2D eigenvalue weighted by atomic mass is 9.94. The van der Waals surface area contributed by atoms with Gasteiger partial charge in [-0.05, 0) is 50.2 Å². The Balaban J connectivity index is 1.45. The minimum absolute atomic E-state index is 0.122. The van der Waals surface area contributed by atoms with Gasteiger partial charge < -0.3 is 10.2 Å². The fraction of sp³-hybridized carbons (Fsp3) is 0.300. The second-order valence-electron chi connectivity index (χ2n) is 7.17. The van der Waals surface area contributed by atoms with Crippen LogP contribution in [0.4, 0.5) is 0 Å². The molecule has 7 nitrogen and oxygen atoms in total. The van der Waals surface area contributed by atoms with Crippen LogP contribution in [0.5, 0.6) is 0 Å². The van der Waals surface area contributed by atoms with Gasteiger partial charge in [0, 0.05) is 24.5 Å². The molecule has 1 aliphatic rings. The predicted molar refractivity (Wildman–Crippen MR) is 102 cm³/mol. The number of carbonyl (C=O) groups is 1. The van der Waals surface area contributed by atoms with Crippen LogP contribution < -0.4 is 5.32 Å². The number of aromatic nitrogens is 4. The van der Waals surface area contributed by atoms with E-state index in [0.717, 1.165) is 12.8 Å². The summed E-state index contributed by atoms with van der Waals surface area (Å²) in [6.07, 6.45) is 6.93. The Labute approximate surface area is 158 Å². The SMILES string of the molecule is CN(C)C1(CNC(=O)c2ccc(-n3ccnc3)nn2)Cc2ccccc2C1. The summed E-state index contributed by atoms with van der Waals surface area (Å²) in [7, 11) is 4.13. The van der Waals surface area contributed by atoms with Gasteiger partial charge in [-0.3, -0.25) is 9.36 Å².